The molecule has 0 atom stereocenters. The van der Waals surface area contributed by atoms with Gasteiger partial charge in [-0.05, 0) is 56.4 Å². The van der Waals surface area contributed by atoms with E-state index in [1.165, 1.54) is 0 Å². The van der Waals surface area contributed by atoms with Gasteiger partial charge in [0.25, 0.3) is 10.1 Å². The van der Waals surface area contributed by atoms with E-state index in [2.05, 4.69) is 6.58 Å². The summed E-state index contributed by atoms with van der Waals surface area (Å²) in [6.07, 6.45) is 2.37. The summed E-state index contributed by atoms with van der Waals surface area (Å²) in [5.41, 5.74) is 3.10. The summed E-state index contributed by atoms with van der Waals surface area (Å²) in [6.45, 7) is 10.3. The Balaban J connectivity index is 3.04. The molecule has 0 N–H and O–H groups in total. The molecule has 0 radical (unpaired) electrons. The Hall–Kier alpha value is -1.46. The van der Waals surface area contributed by atoms with E-state index in [0.29, 0.717) is 17.5 Å². The van der Waals surface area contributed by atoms with Crippen LogP contribution < -0.4 is 0 Å². The first-order valence-electron chi connectivity index (χ1n) is 6.80. The number of hydrogen-bond acceptors (Lipinski definition) is 4. The van der Waals surface area contributed by atoms with E-state index in [9.17, 15) is 13.2 Å². The van der Waals surface area contributed by atoms with Gasteiger partial charge < -0.3 is 0 Å². The van der Waals surface area contributed by atoms with Gasteiger partial charge in [0.2, 0.25) is 0 Å². The number of carbonyl (C=O) groups excluding carboxylic acids is 1. The van der Waals surface area contributed by atoms with Crippen molar-refractivity contribution in [3.8, 4) is 0 Å². The molecule has 0 aliphatic heterocycles. The Bertz CT molecular complexity index is 631. The number of carbonyl (C=O) groups is 1. The zero-order chi connectivity index (χ0) is 16.2. The van der Waals surface area contributed by atoms with Crippen molar-refractivity contribution in [2.24, 2.45) is 0 Å². The minimum absolute atomic E-state index is 0.177. The summed E-state index contributed by atoms with van der Waals surface area (Å²) < 4.78 is 29.7. The molecular weight excluding hydrogens is 288 g/mol. The van der Waals surface area contributed by atoms with Gasteiger partial charge in [0, 0.05) is 6.42 Å². The van der Waals surface area contributed by atoms with Crippen molar-refractivity contribution in [1.82, 2.24) is 0 Å². The van der Waals surface area contributed by atoms with Gasteiger partial charge in [0.1, 0.15) is 11.5 Å². The zero-order valence-corrected chi connectivity index (χ0v) is 13.8. The molecule has 4 nitrogen and oxygen atoms in total. The van der Waals surface area contributed by atoms with Crippen LogP contribution in [0.2, 0.25) is 0 Å². The Morgan fingerprint density at radius 3 is 2.19 bits per heavy atom. The quantitative estimate of drug-likeness (QED) is 0.573. The van der Waals surface area contributed by atoms with Gasteiger partial charge in [0.05, 0.1) is 0 Å². The summed E-state index contributed by atoms with van der Waals surface area (Å²) in [5.74, 6) is -0.252. The van der Waals surface area contributed by atoms with Gasteiger partial charge in [-0.1, -0.05) is 12.1 Å². The van der Waals surface area contributed by atoms with Crippen molar-refractivity contribution in [2.45, 2.75) is 45.4 Å². The maximum atomic E-state index is 12.4. The predicted molar refractivity (Wildman–Crippen MR) is 83.0 cm³/mol. The molecule has 0 heterocycles. The number of hydrogen-bond donors (Lipinski definition) is 0. The predicted octanol–water partition coefficient (Wildman–Crippen LogP) is 3.16. The van der Waals surface area contributed by atoms with E-state index >= 15 is 0 Å². The second-order valence-corrected chi connectivity index (χ2v) is 6.72. The average Bonchev–Trinajstić information content (AvgIpc) is 2.41. The van der Waals surface area contributed by atoms with Crippen molar-refractivity contribution in [2.75, 3.05) is 6.61 Å². The third-order valence-corrected chi connectivity index (χ3v) is 5.09. The lowest BCUT2D eigenvalue weighted by Crippen LogP contribution is -2.17. The summed E-state index contributed by atoms with van der Waals surface area (Å²) in [7, 11) is -3.93. The maximum Gasteiger partial charge on any atom is 0.297 e. The number of benzene rings is 1. The van der Waals surface area contributed by atoms with E-state index in [1.807, 2.05) is 19.9 Å². The van der Waals surface area contributed by atoms with Crippen molar-refractivity contribution >= 4 is 15.9 Å². The molecule has 0 bridgehead atoms. The van der Waals surface area contributed by atoms with Crippen LogP contribution in [0, 0.1) is 27.7 Å². The lowest BCUT2D eigenvalue weighted by molar-refractivity contribution is -0.120. The molecule has 21 heavy (non-hydrogen) atoms. The fourth-order valence-corrected chi connectivity index (χ4v) is 3.57. The van der Waals surface area contributed by atoms with Crippen molar-refractivity contribution in [1.29, 1.82) is 0 Å². The standard InChI is InChI=1S/C16H22O4S/c1-6-7-8-15(17)10-20-21(18,19)16-13(4)11(2)9-12(3)14(16)5/h6,9H,1,7-8,10H2,2-5H3. The van der Waals surface area contributed by atoms with Crippen molar-refractivity contribution < 1.29 is 17.4 Å². The number of allylic oxidation sites excluding steroid dienone is 1. The van der Waals surface area contributed by atoms with Gasteiger partial charge in [-0.25, -0.2) is 0 Å². The third-order valence-electron chi connectivity index (χ3n) is 3.55. The van der Waals surface area contributed by atoms with Crippen LogP contribution in [0.4, 0.5) is 0 Å². The van der Waals surface area contributed by atoms with Crippen molar-refractivity contribution in [3.05, 3.63) is 41.0 Å². The van der Waals surface area contributed by atoms with Crippen LogP contribution in [0.25, 0.3) is 0 Å². The summed E-state index contributed by atoms with van der Waals surface area (Å²) in [4.78, 5) is 11.7. The minimum Gasteiger partial charge on any atom is -0.297 e. The molecule has 116 valence electrons. The topological polar surface area (TPSA) is 60.4 Å². The second-order valence-electron chi connectivity index (χ2n) is 5.17. The molecular formula is C16H22O4S. The molecule has 0 aromatic heterocycles. The molecule has 0 saturated carbocycles. The normalized spacial score (nSPS) is 11.4. The molecule has 1 aromatic carbocycles. The zero-order valence-electron chi connectivity index (χ0n) is 13.0. The first-order chi connectivity index (χ1) is 9.70. The molecule has 0 aliphatic carbocycles. The van der Waals surface area contributed by atoms with Crippen LogP contribution in [0.15, 0.2) is 23.6 Å². The molecule has 0 unspecified atom stereocenters. The molecule has 0 fully saturated rings. The van der Waals surface area contributed by atoms with Gasteiger partial charge in [-0.2, -0.15) is 8.42 Å². The Kier molecular flexibility index (Phi) is 5.87. The molecule has 0 spiro atoms. The average molecular weight is 310 g/mol. The molecule has 1 rings (SSSR count). The molecule has 0 aliphatic rings. The fraction of sp³-hybridized carbons (Fsp3) is 0.438. The van der Waals surface area contributed by atoms with E-state index in [4.69, 9.17) is 4.18 Å². The second kappa shape index (κ2) is 7.00. The van der Waals surface area contributed by atoms with E-state index in [1.54, 1.807) is 19.9 Å². The van der Waals surface area contributed by atoms with Crippen molar-refractivity contribution in [3.63, 3.8) is 0 Å². The Labute approximate surface area is 127 Å². The largest absolute Gasteiger partial charge is 0.297 e. The lowest BCUT2D eigenvalue weighted by atomic mass is 10.0. The van der Waals surface area contributed by atoms with E-state index < -0.39 is 16.7 Å². The SMILES string of the molecule is C=CCCC(=O)COS(=O)(=O)c1c(C)c(C)cc(C)c1C. The maximum absolute atomic E-state index is 12.4. The van der Waals surface area contributed by atoms with Crippen LogP contribution in [0.3, 0.4) is 0 Å². The van der Waals surface area contributed by atoms with Gasteiger partial charge in [-0.15, -0.1) is 6.58 Å². The monoisotopic (exact) mass is 310 g/mol. The Morgan fingerprint density at radius 1 is 1.19 bits per heavy atom. The lowest BCUT2D eigenvalue weighted by Gasteiger charge is -2.15. The van der Waals surface area contributed by atoms with E-state index in [0.717, 1.165) is 11.1 Å². The van der Waals surface area contributed by atoms with Gasteiger partial charge in [0.15, 0.2) is 5.78 Å². The highest BCUT2D eigenvalue weighted by Gasteiger charge is 2.23. The first kappa shape index (κ1) is 17.6. The number of rotatable bonds is 7. The molecule has 5 heteroatoms. The fourth-order valence-electron chi connectivity index (χ4n) is 2.09. The van der Waals surface area contributed by atoms with Crippen LogP contribution in [0.5, 0.6) is 0 Å². The highest BCUT2D eigenvalue weighted by Crippen LogP contribution is 2.27. The smallest absolute Gasteiger partial charge is 0.297 e. The van der Waals surface area contributed by atoms with Gasteiger partial charge in [-0.3, -0.25) is 8.98 Å². The third kappa shape index (κ3) is 4.25. The number of Topliss-reactive ketones (excluding diaryl/α,β-unsaturated/α-hetero) is 1. The Morgan fingerprint density at radius 2 is 1.71 bits per heavy atom. The summed E-state index contributed by atoms with van der Waals surface area (Å²) >= 11 is 0. The van der Waals surface area contributed by atoms with E-state index in [-0.39, 0.29) is 17.1 Å². The van der Waals surface area contributed by atoms with Crippen LogP contribution in [-0.2, 0) is 19.1 Å². The molecule has 0 amide bonds. The van der Waals surface area contributed by atoms with Crippen LogP contribution in [0.1, 0.15) is 35.1 Å². The van der Waals surface area contributed by atoms with Gasteiger partial charge >= 0.3 is 0 Å². The number of ketones is 1. The molecule has 1 aromatic rings. The summed E-state index contributed by atoms with van der Waals surface area (Å²) in [6, 6.07) is 1.94. The number of aryl methyl sites for hydroxylation is 2. The van der Waals surface area contributed by atoms with Crippen LogP contribution >= 0.6 is 0 Å². The van der Waals surface area contributed by atoms with Crippen LogP contribution in [-0.4, -0.2) is 20.8 Å². The highest BCUT2D eigenvalue weighted by molar-refractivity contribution is 7.86. The minimum atomic E-state index is -3.93. The summed E-state index contributed by atoms with van der Waals surface area (Å²) in [5, 5.41) is 0. The first-order valence-corrected chi connectivity index (χ1v) is 8.21. The molecule has 0 saturated heterocycles. The highest BCUT2D eigenvalue weighted by atomic mass is 32.2.